The van der Waals surface area contributed by atoms with Crippen molar-refractivity contribution in [2.24, 2.45) is 5.92 Å². The average Bonchev–Trinajstić information content (AvgIpc) is 3.58. The van der Waals surface area contributed by atoms with Crippen LogP contribution in [0.15, 0.2) is 83.3 Å². The van der Waals surface area contributed by atoms with Gasteiger partial charge in [0.05, 0.1) is 24.7 Å². The number of benzene rings is 2. The van der Waals surface area contributed by atoms with Crippen molar-refractivity contribution in [1.29, 1.82) is 0 Å². The first-order valence-electron chi connectivity index (χ1n) is 15.5. The molecular weight excluding hydrogens is 687 g/mol. The van der Waals surface area contributed by atoms with Crippen LogP contribution in [0.1, 0.15) is 35.3 Å². The Kier molecular flexibility index (Phi) is 15.5. The summed E-state index contributed by atoms with van der Waals surface area (Å²) in [4.78, 5) is 22.6. The van der Waals surface area contributed by atoms with Crippen LogP contribution in [0.3, 0.4) is 0 Å². The van der Waals surface area contributed by atoms with Gasteiger partial charge in [0.2, 0.25) is 5.91 Å². The maximum Gasteiger partial charge on any atom is 0.433 e. The van der Waals surface area contributed by atoms with E-state index < -0.39 is 60.2 Å². The molecule has 3 aromatic rings. The van der Waals surface area contributed by atoms with E-state index in [1.807, 2.05) is 30.3 Å². The van der Waals surface area contributed by atoms with Crippen molar-refractivity contribution >= 4 is 30.9 Å². The van der Waals surface area contributed by atoms with Gasteiger partial charge in [0, 0.05) is 37.1 Å². The molecule has 49 heavy (non-hydrogen) atoms. The summed E-state index contributed by atoms with van der Waals surface area (Å²) in [5, 5.41) is 43.9. The minimum atomic E-state index is -4.98. The molecule has 0 fully saturated rings. The molecule has 1 heterocycles. The zero-order chi connectivity index (χ0) is 36.0. The molecule has 4 N–H and O–H groups in total. The highest BCUT2D eigenvalue weighted by Crippen LogP contribution is 2.68. The van der Waals surface area contributed by atoms with Crippen LogP contribution in [0.2, 0.25) is 0 Å². The number of hydrogen-bond donors (Lipinski definition) is 4. The molecule has 1 unspecified atom stereocenters. The van der Waals surface area contributed by atoms with Gasteiger partial charge >= 0.3 is 19.1 Å². The maximum atomic E-state index is 16.0. The van der Waals surface area contributed by atoms with E-state index in [9.17, 15) is 34.8 Å². The molecule has 3 rings (SSSR count). The Morgan fingerprint density at radius 3 is 2.41 bits per heavy atom. The number of amides is 1. The van der Waals surface area contributed by atoms with Gasteiger partial charge in [-0.15, -0.1) is 11.6 Å². The van der Waals surface area contributed by atoms with E-state index in [0.717, 1.165) is 28.4 Å². The van der Waals surface area contributed by atoms with Crippen LogP contribution in [-0.2, 0) is 39.0 Å². The third kappa shape index (κ3) is 11.5. The first kappa shape index (κ1) is 39.9. The highest BCUT2D eigenvalue weighted by molar-refractivity contribution is 7.57. The Labute approximate surface area is 288 Å². The first-order chi connectivity index (χ1) is 23.3. The molecule has 0 saturated heterocycles. The molecule has 0 radical (unpaired) electrons. The van der Waals surface area contributed by atoms with Crippen LogP contribution >= 0.6 is 19.1 Å². The quantitative estimate of drug-likeness (QED) is 0.0278. The maximum absolute atomic E-state index is 16.0. The van der Waals surface area contributed by atoms with Crippen molar-refractivity contribution in [3.8, 4) is 0 Å². The lowest BCUT2D eigenvalue weighted by molar-refractivity contribution is -0.402. The lowest BCUT2D eigenvalue weighted by Gasteiger charge is -2.33. The van der Waals surface area contributed by atoms with Crippen LogP contribution in [0.5, 0.6) is 0 Å². The Morgan fingerprint density at radius 2 is 1.80 bits per heavy atom. The van der Waals surface area contributed by atoms with E-state index in [1.54, 1.807) is 0 Å². The van der Waals surface area contributed by atoms with E-state index in [2.05, 4.69) is 5.32 Å². The number of halogens is 3. The highest BCUT2D eigenvalue weighted by Gasteiger charge is 2.56. The van der Waals surface area contributed by atoms with Crippen LogP contribution in [0.25, 0.3) is 0 Å². The number of carbonyl (C=O) groups excluding carboxylic acids is 1. The molecule has 1 amide bonds. The van der Waals surface area contributed by atoms with Gasteiger partial charge in [0.25, 0.3) is 0 Å². The van der Waals surface area contributed by atoms with E-state index in [4.69, 9.17) is 20.5 Å². The Bertz CT molecular complexity index is 1560. The summed E-state index contributed by atoms with van der Waals surface area (Å²) in [5.74, 6) is -1.50. The van der Waals surface area contributed by atoms with Gasteiger partial charge in [0.1, 0.15) is 17.3 Å². The number of carbonyl (C=O) groups is 1. The van der Waals surface area contributed by atoms with Gasteiger partial charge in [-0.25, -0.2) is 4.67 Å². The summed E-state index contributed by atoms with van der Waals surface area (Å²) in [6, 6.07) is 16.2. The molecule has 0 aliphatic rings. The number of aliphatic hydroxyl groups excluding tert-OH is 3. The second-order valence-corrected chi connectivity index (χ2v) is 14.3. The highest BCUT2D eigenvalue weighted by atomic mass is 35.5. The lowest BCUT2D eigenvalue weighted by Crippen LogP contribution is -2.32. The zero-order valence-electron chi connectivity index (χ0n) is 26.9. The normalized spacial score (nSPS) is 15.2. The molecule has 2 aromatic carbocycles. The molecule has 16 heteroatoms. The zero-order valence-corrected chi connectivity index (χ0v) is 28.5. The van der Waals surface area contributed by atoms with Crippen molar-refractivity contribution in [3.05, 3.63) is 111 Å². The van der Waals surface area contributed by atoms with Crippen molar-refractivity contribution in [2.75, 3.05) is 32.6 Å². The molecule has 1 aromatic heterocycles. The number of nitro groups is 1. The second kappa shape index (κ2) is 19.0. The van der Waals surface area contributed by atoms with Gasteiger partial charge < -0.3 is 29.6 Å². The molecule has 0 saturated carbocycles. The predicted molar refractivity (Wildman–Crippen MR) is 179 cm³/mol. The van der Waals surface area contributed by atoms with Crippen LogP contribution < -0.4 is 5.32 Å². The van der Waals surface area contributed by atoms with E-state index >= 15 is 8.78 Å². The summed E-state index contributed by atoms with van der Waals surface area (Å²) in [6.07, 6.45) is 1.54. The summed E-state index contributed by atoms with van der Waals surface area (Å²) in [7, 11) is -3.75. The number of rotatable bonds is 21. The summed E-state index contributed by atoms with van der Waals surface area (Å²) < 4.78 is 57.1. The van der Waals surface area contributed by atoms with Crippen molar-refractivity contribution in [1.82, 2.24) is 9.99 Å². The van der Waals surface area contributed by atoms with Gasteiger partial charge in [-0.2, -0.15) is 8.78 Å². The third-order valence-corrected chi connectivity index (χ3v) is 10.5. The summed E-state index contributed by atoms with van der Waals surface area (Å²) in [5.41, 5.74) is -3.37. The Balaban J connectivity index is 1.60. The third-order valence-electron chi connectivity index (χ3n) is 7.64. The van der Waals surface area contributed by atoms with E-state index in [0.29, 0.717) is 24.8 Å². The number of nitrogens with one attached hydrogen (secondary N) is 1. The monoisotopic (exact) mass is 727 g/mol. The fraction of sp³-hybridized carbons (Fsp3) is 0.424. The number of furan rings is 1. The molecule has 0 aliphatic heterocycles. The van der Waals surface area contributed by atoms with Crippen molar-refractivity contribution in [2.45, 2.75) is 50.2 Å². The Hall–Kier alpha value is -3.49. The van der Waals surface area contributed by atoms with Gasteiger partial charge in [-0.3, -0.25) is 19.5 Å². The van der Waals surface area contributed by atoms with Crippen molar-refractivity contribution in [3.63, 3.8) is 0 Å². The number of unbranched alkanes of at least 4 members (excludes halogenated alkanes) is 1. The predicted octanol–water partition coefficient (Wildman–Crippen LogP) is 5.39. The summed E-state index contributed by atoms with van der Waals surface area (Å²) >= 11 is 5.71. The van der Waals surface area contributed by atoms with Gasteiger partial charge in [-0.1, -0.05) is 66.7 Å². The summed E-state index contributed by atoms with van der Waals surface area (Å²) in [6.45, 7) is -1.21. The first-order valence-corrected chi connectivity index (χ1v) is 17.6. The minimum absolute atomic E-state index is 0.0359. The minimum Gasteiger partial charge on any atom is -0.403 e. The van der Waals surface area contributed by atoms with Crippen LogP contribution in [-0.4, -0.2) is 75.7 Å². The number of hydrogen-bond acceptors (Lipinski definition) is 9. The number of alkyl halides is 3. The SMILES string of the molecule is CN(CCCCCl)P(=O)(OCc1ccc([N+](=O)[O-])o1)C(F)(F)c1ccc(CC(=O)NC[C@@H](O)/C=C\[C@@H](O)[C@H](CO)Cc2ccccc2)cc1. The van der Waals surface area contributed by atoms with Crippen molar-refractivity contribution < 1.29 is 47.3 Å². The molecule has 268 valence electrons. The fourth-order valence-electron chi connectivity index (χ4n) is 4.78. The molecule has 0 spiro atoms. The van der Waals surface area contributed by atoms with Gasteiger partial charge in [0.15, 0.2) is 0 Å². The average molecular weight is 728 g/mol. The molecule has 4 atom stereocenters. The molecule has 12 nitrogen and oxygen atoms in total. The van der Waals surface area contributed by atoms with Crippen LogP contribution in [0, 0.1) is 16.0 Å². The topological polar surface area (TPSA) is 176 Å². The Morgan fingerprint density at radius 1 is 1.10 bits per heavy atom. The van der Waals surface area contributed by atoms with Gasteiger partial charge in [-0.05, 0) is 43.5 Å². The molecular formula is C33H41ClF2N3O9P. The van der Waals surface area contributed by atoms with Crippen LogP contribution in [0.4, 0.5) is 14.7 Å². The number of aliphatic hydroxyl groups is 3. The number of nitrogens with zero attached hydrogens (tertiary/aromatic N) is 2. The second-order valence-electron chi connectivity index (χ2n) is 11.4. The standard InChI is InChI=1S/C33H41ClF2N3O9P/c1-38(18-6-5-17-34)49(46,47-23-29-14-16-32(48-29)39(44)45)33(35,36)27-11-9-25(10-12-27)20-31(43)37-21-28(41)13-15-30(42)26(22-40)19-24-7-3-2-4-8-24/h2-4,7-16,26,28,30,40-42H,5-6,17-23H2,1H3,(H,37,43)/b15-13-/t26-,28-,30+,49?/m0/s1. The smallest absolute Gasteiger partial charge is 0.403 e. The molecule has 0 bridgehead atoms. The largest absolute Gasteiger partial charge is 0.433 e. The van der Waals surface area contributed by atoms with E-state index in [-0.39, 0.29) is 37.8 Å². The molecule has 0 aliphatic carbocycles. The van der Waals surface area contributed by atoms with E-state index in [1.165, 1.54) is 37.4 Å². The lowest BCUT2D eigenvalue weighted by atomic mass is 9.94. The fourth-order valence-corrected chi connectivity index (χ4v) is 6.94.